The number of imidazole rings is 1. The van der Waals surface area contributed by atoms with Crippen LogP contribution in [-0.4, -0.2) is 56.4 Å². The summed E-state index contributed by atoms with van der Waals surface area (Å²) in [6.45, 7) is 13.6. The van der Waals surface area contributed by atoms with Crippen molar-refractivity contribution in [3.05, 3.63) is 94.2 Å². The SMILES string of the molecule is C=CC(=O)N1CC2(CC(n3c(NC(=O)c4ccc(C(F)F)s4)nc4cc(CN(C(=O)OCc5ccccc5)[C@@H](C)C(C)(C)C)ccc43)C2)C1. The van der Waals surface area contributed by atoms with Gasteiger partial charge >= 0.3 is 6.09 Å². The van der Waals surface area contributed by atoms with Gasteiger partial charge in [0.15, 0.2) is 0 Å². The summed E-state index contributed by atoms with van der Waals surface area (Å²) in [5.74, 6) is -0.273. The van der Waals surface area contributed by atoms with Crippen molar-refractivity contribution < 1.29 is 27.9 Å². The molecule has 1 N–H and O–H groups in total. The number of halogens is 2. The molecular formula is C37H41F2N5O4S. The summed E-state index contributed by atoms with van der Waals surface area (Å²) >= 11 is 0.752. The predicted octanol–water partition coefficient (Wildman–Crippen LogP) is 8.21. The Hall–Kier alpha value is -4.58. The molecule has 3 heterocycles. The average molecular weight is 690 g/mol. The van der Waals surface area contributed by atoms with Crippen molar-refractivity contribution in [2.75, 3.05) is 18.4 Å². The van der Waals surface area contributed by atoms with Gasteiger partial charge in [-0.15, -0.1) is 11.3 Å². The minimum Gasteiger partial charge on any atom is -0.445 e. The Bertz CT molecular complexity index is 1870. The number of anilines is 1. The van der Waals surface area contributed by atoms with E-state index in [0.29, 0.717) is 24.6 Å². The van der Waals surface area contributed by atoms with Crippen LogP contribution in [0.25, 0.3) is 11.0 Å². The van der Waals surface area contributed by atoms with Crippen LogP contribution in [0.4, 0.5) is 19.5 Å². The molecule has 1 aliphatic heterocycles. The molecule has 0 radical (unpaired) electrons. The van der Waals surface area contributed by atoms with Gasteiger partial charge in [0.05, 0.1) is 20.8 Å². The second kappa shape index (κ2) is 13.4. The number of likely N-dealkylation sites (tertiary alicyclic amines) is 1. The summed E-state index contributed by atoms with van der Waals surface area (Å²) < 4.78 is 34.3. The fourth-order valence-corrected chi connectivity index (χ4v) is 7.47. The number of benzene rings is 2. The highest BCUT2D eigenvalue weighted by Gasteiger charge is 2.54. The summed E-state index contributed by atoms with van der Waals surface area (Å²) in [5, 5.41) is 2.88. The van der Waals surface area contributed by atoms with Gasteiger partial charge in [-0.3, -0.25) is 14.9 Å². The third kappa shape index (κ3) is 7.10. The van der Waals surface area contributed by atoms with Crippen LogP contribution in [-0.2, 0) is 22.7 Å². The second-order valence-electron chi connectivity index (χ2n) is 14.3. The van der Waals surface area contributed by atoms with Crippen LogP contribution in [0.3, 0.4) is 0 Å². The third-order valence-corrected chi connectivity index (χ3v) is 10.9. The number of rotatable bonds is 10. The van der Waals surface area contributed by atoms with Crippen molar-refractivity contribution in [1.82, 2.24) is 19.4 Å². The van der Waals surface area contributed by atoms with Crippen LogP contribution in [0.2, 0.25) is 0 Å². The standard InChI is InChI=1S/C37H41F2N5O4S/c1-6-31(45)42-21-37(22-42)17-26(18-37)44-28-13-12-25(16-27(28)40-34(44)41-33(46)30-15-14-29(49-30)32(38)39)19-43(23(2)36(3,4)5)35(47)48-20-24-10-8-7-9-11-24/h6-16,23,26,32H,1,17-22H2,2-5H3,(H,40,41,46)/t23-/m0/s1. The molecule has 258 valence electrons. The molecule has 2 fully saturated rings. The van der Waals surface area contributed by atoms with Crippen molar-refractivity contribution in [2.24, 2.45) is 10.8 Å². The lowest BCUT2D eigenvalue weighted by molar-refractivity contribution is -0.148. The highest BCUT2D eigenvalue weighted by atomic mass is 32.1. The van der Waals surface area contributed by atoms with E-state index in [1.807, 2.05) is 60.0 Å². The maximum atomic E-state index is 13.5. The number of amides is 3. The van der Waals surface area contributed by atoms with Gasteiger partial charge in [0.1, 0.15) is 6.61 Å². The molecule has 2 aliphatic rings. The normalized spacial score (nSPS) is 16.3. The molecule has 1 spiro atoms. The number of nitrogens with zero attached hydrogens (tertiary/aromatic N) is 4. The molecule has 2 aromatic carbocycles. The van der Waals surface area contributed by atoms with E-state index in [1.165, 1.54) is 18.2 Å². The topological polar surface area (TPSA) is 96.8 Å². The number of aromatic nitrogens is 2. The van der Waals surface area contributed by atoms with Crippen LogP contribution in [0.15, 0.2) is 73.3 Å². The van der Waals surface area contributed by atoms with E-state index >= 15 is 0 Å². The summed E-state index contributed by atoms with van der Waals surface area (Å²) in [6.07, 6.45) is -0.167. The molecule has 1 saturated carbocycles. The Morgan fingerprint density at radius 2 is 1.82 bits per heavy atom. The number of fused-ring (bicyclic) bond motifs is 1. The minimum absolute atomic E-state index is 0.00474. The molecule has 9 nitrogen and oxygen atoms in total. The largest absolute Gasteiger partial charge is 0.445 e. The van der Waals surface area contributed by atoms with Crippen molar-refractivity contribution >= 4 is 46.2 Å². The zero-order chi connectivity index (χ0) is 35.1. The molecule has 1 aliphatic carbocycles. The number of hydrogen-bond acceptors (Lipinski definition) is 6. The highest BCUT2D eigenvalue weighted by Crippen LogP contribution is 2.55. The fourth-order valence-electron chi connectivity index (χ4n) is 6.71. The van der Waals surface area contributed by atoms with Crippen LogP contribution in [0.5, 0.6) is 0 Å². The van der Waals surface area contributed by atoms with Crippen molar-refractivity contribution in [3.8, 4) is 0 Å². The van der Waals surface area contributed by atoms with Crippen molar-refractivity contribution in [3.63, 3.8) is 0 Å². The van der Waals surface area contributed by atoms with Crippen LogP contribution in [0.1, 0.15) is 78.7 Å². The zero-order valence-corrected chi connectivity index (χ0v) is 28.9. The Morgan fingerprint density at radius 1 is 1.10 bits per heavy atom. The van der Waals surface area contributed by atoms with E-state index in [0.717, 1.165) is 40.8 Å². The lowest BCUT2D eigenvalue weighted by atomic mass is 9.60. The molecule has 12 heteroatoms. The van der Waals surface area contributed by atoms with Crippen molar-refractivity contribution in [2.45, 2.75) is 72.2 Å². The van der Waals surface area contributed by atoms with Gasteiger partial charge in [-0.1, -0.05) is 63.7 Å². The Morgan fingerprint density at radius 3 is 2.45 bits per heavy atom. The minimum atomic E-state index is -2.66. The lowest BCUT2D eigenvalue weighted by Gasteiger charge is -2.59. The molecule has 49 heavy (non-hydrogen) atoms. The van der Waals surface area contributed by atoms with Gasteiger partial charge in [-0.2, -0.15) is 0 Å². The van der Waals surface area contributed by atoms with Gasteiger partial charge in [0, 0.05) is 37.1 Å². The number of carbonyl (C=O) groups is 3. The first-order valence-electron chi connectivity index (χ1n) is 16.4. The average Bonchev–Trinajstić information content (AvgIpc) is 3.66. The summed E-state index contributed by atoms with van der Waals surface area (Å²) in [4.78, 5) is 47.2. The molecule has 0 bridgehead atoms. The molecule has 6 rings (SSSR count). The first kappa shape index (κ1) is 34.3. The Balaban J connectivity index is 1.27. The molecule has 2 aromatic heterocycles. The predicted molar refractivity (Wildman–Crippen MR) is 186 cm³/mol. The molecular weight excluding hydrogens is 649 g/mol. The number of alkyl halides is 2. The first-order chi connectivity index (χ1) is 23.3. The van der Waals surface area contributed by atoms with Gasteiger partial charge < -0.3 is 19.1 Å². The second-order valence-corrected chi connectivity index (χ2v) is 15.4. The molecule has 3 amide bonds. The summed E-state index contributed by atoms with van der Waals surface area (Å²) in [6, 6.07) is 17.9. The maximum absolute atomic E-state index is 13.5. The smallest absolute Gasteiger partial charge is 0.410 e. The van der Waals surface area contributed by atoms with Crippen LogP contribution >= 0.6 is 11.3 Å². The summed E-state index contributed by atoms with van der Waals surface area (Å²) in [5.41, 5.74) is 2.95. The van der Waals surface area contributed by atoms with Crippen LogP contribution in [0, 0.1) is 10.8 Å². The van der Waals surface area contributed by atoms with E-state index in [1.54, 1.807) is 9.80 Å². The van der Waals surface area contributed by atoms with Gasteiger partial charge in [0.25, 0.3) is 12.3 Å². The number of hydrogen-bond donors (Lipinski definition) is 1. The molecule has 1 saturated heterocycles. The molecule has 0 unspecified atom stereocenters. The zero-order valence-electron chi connectivity index (χ0n) is 28.1. The van der Waals surface area contributed by atoms with Gasteiger partial charge in [-0.05, 0) is 66.6 Å². The monoisotopic (exact) mass is 689 g/mol. The van der Waals surface area contributed by atoms with Gasteiger partial charge in [-0.25, -0.2) is 18.6 Å². The third-order valence-electron chi connectivity index (χ3n) is 9.80. The number of carbonyl (C=O) groups excluding carboxylic acids is 3. The molecule has 4 aromatic rings. The van der Waals surface area contributed by atoms with Crippen LogP contribution < -0.4 is 5.32 Å². The number of thiophene rings is 1. The molecule has 1 atom stereocenters. The number of ether oxygens (including phenoxy) is 1. The van der Waals surface area contributed by atoms with Gasteiger partial charge in [0.2, 0.25) is 11.9 Å². The number of nitrogens with one attached hydrogen (secondary N) is 1. The first-order valence-corrected chi connectivity index (χ1v) is 17.2. The quantitative estimate of drug-likeness (QED) is 0.169. The highest BCUT2D eigenvalue weighted by molar-refractivity contribution is 7.14. The lowest BCUT2D eigenvalue weighted by Crippen LogP contribution is -2.63. The Labute approximate surface area is 288 Å². The fraction of sp³-hybridized carbons (Fsp3) is 0.405. The van der Waals surface area contributed by atoms with E-state index < -0.39 is 18.4 Å². The maximum Gasteiger partial charge on any atom is 0.410 e. The van der Waals surface area contributed by atoms with E-state index in [-0.39, 0.29) is 51.7 Å². The van der Waals surface area contributed by atoms with Crippen molar-refractivity contribution in [1.29, 1.82) is 0 Å². The van der Waals surface area contributed by atoms with E-state index in [9.17, 15) is 23.2 Å². The van der Waals surface area contributed by atoms with E-state index in [2.05, 4.69) is 32.7 Å². The van der Waals surface area contributed by atoms with E-state index in [4.69, 9.17) is 9.72 Å². The summed E-state index contributed by atoms with van der Waals surface area (Å²) in [7, 11) is 0. The Kier molecular flexibility index (Phi) is 9.36.